The van der Waals surface area contributed by atoms with Gasteiger partial charge in [-0.2, -0.15) is 0 Å². The first kappa shape index (κ1) is 14.0. The fraction of sp³-hybridized carbons (Fsp3) is 0.600. The molecule has 1 N–H and O–H groups in total. The Morgan fingerprint density at radius 2 is 1.88 bits per heavy atom. The highest BCUT2D eigenvalue weighted by atomic mass is 16.5. The Bertz CT molecular complexity index is 332. The third-order valence-corrected chi connectivity index (χ3v) is 2.62. The van der Waals surface area contributed by atoms with Crippen LogP contribution in [-0.2, 0) is 13.0 Å². The highest BCUT2D eigenvalue weighted by molar-refractivity contribution is 5.34. The minimum atomic E-state index is 0.0794. The Morgan fingerprint density at radius 1 is 1.18 bits per heavy atom. The lowest BCUT2D eigenvalue weighted by molar-refractivity contribution is 0.278. The normalized spacial score (nSPS) is 10.9. The lowest BCUT2D eigenvalue weighted by Gasteiger charge is -2.11. The van der Waals surface area contributed by atoms with Crippen molar-refractivity contribution in [1.29, 1.82) is 0 Å². The number of ether oxygens (including phenoxy) is 1. The number of unbranched alkanes of at least 4 members (excludes halogenated alkanes) is 1. The van der Waals surface area contributed by atoms with Crippen molar-refractivity contribution in [2.45, 2.75) is 46.6 Å². The third kappa shape index (κ3) is 5.22. The molecule has 0 aliphatic rings. The summed E-state index contributed by atoms with van der Waals surface area (Å²) >= 11 is 0. The molecule has 0 fully saturated rings. The minimum Gasteiger partial charge on any atom is -0.494 e. The van der Waals surface area contributed by atoms with Crippen LogP contribution in [0.15, 0.2) is 18.2 Å². The van der Waals surface area contributed by atoms with E-state index >= 15 is 0 Å². The summed E-state index contributed by atoms with van der Waals surface area (Å²) in [4.78, 5) is 0. The molecule has 0 saturated heterocycles. The van der Waals surface area contributed by atoms with Crippen LogP contribution in [0.4, 0.5) is 0 Å². The Morgan fingerprint density at radius 3 is 2.47 bits per heavy atom. The van der Waals surface area contributed by atoms with Crippen LogP contribution in [0.5, 0.6) is 5.75 Å². The molecule has 96 valence electrons. The quantitative estimate of drug-likeness (QED) is 0.733. The van der Waals surface area contributed by atoms with Crippen molar-refractivity contribution in [1.82, 2.24) is 0 Å². The SMILES string of the molecule is CCCCOc1cc(CO)cc(CC(C)C)c1. The fourth-order valence-electron chi connectivity index (χ4n) is 1.83. The van der Waals surface area contributed by atoms with Gasteiger partial charge in [0.25, 0.3) is 0 Å². The first-order valence-corrected chi connectivity index (χ1v) is 6.52. The van der Waals surface area contributed by atoms with Crippen molar-refractivity contribution < 1.29 is 9.84 Å². The van der Waals surface area contributed by atoms with Crippen LogP contribution >= 0.6 is 0 Å². The predicted molar refractivity (Wildman–Crippen MR) is 71.3 cm³/mol. The number of aliphatic hydroxyl groups is 1. The minimum absolute atomic E-state index is 0.0794. The summed E-state index contributed by atoms with van der Waals surface area (Å²) in [6, 6.07) is 6.08. The van der Waals surface area contributed by atoms with Crippen LogP contribution in [0.25, 0.3) is 0 Å². The highest BCUT2D eigenvalue weighted by Gasteiger charge is 2.04. The fourth-order valence-corrected chi connectivity index (χ4v) is 1.83. The molecule has 1 rings (SSSR count). The number of hydrogen-bond acceptors (Lipinski definition) is 2. The van der Waals surface area contributed by atoms with Gasteiger partial charge >= 0.3 is 0 Å². The first-order chi connectivity index (χ1) is 8.15. The van der Waals surface area contributed by atoms with Gasteiger partial charge in [0.05, 0.1) is 13.2 Å². The van der Waals surface area contributed by atoms with Gasteiger partial charge in [-0.05, 0) is 42.0 Å². The third-order valence-electron chi connectivity index (χ3n) is 2.62. The zero-order valence-corrected chi connectivity index (χ0v) is 11.2. The Hall–Kier alpha value is -1.02. The van der Waals surface area contributed by atoms with Gasteiger partial charge in [-0.3, -0.25) is 0 Å². The summed E-state index contributed by atoms with van der Waals surface area (Å²) in [5.41, 5.74) is 2.19. The zero-order valence-electron chi connectivity index (χ0n) is 11.2. The van der Waals surface area contributed by atoms with Crippen molar-refractivity contribution in [3.05, 3.63) is 29.3 Å². The maximum absolute atomic E-state index is 9.24. The molecule has 17 heavy (non-hydrogen) atoms. The molecule has 2 nitrogen and oxygen atoms in total. The molecule has 0 bridgehead atoms. The lowest BCUT2D eigenvalue weighted by atomic mass is 10.0. The van der Waals surface area contributed by atoms with E-state index in [9.17, 15) is 5.11 Å². The predicted octanol–water partition coefficient (Wildman–Crippen LogP) is 3.56. The van der Waals surface area contributed by atoms with E-state index in [0.29, 0.717) is 5.92 Å². The molecule has 2 heteroatoms. The summed E-state index contributed by atoms with van der Waals surface area (Å²) in [6.45, 7) is 7.38. The van der Waals surface area contributed by atoms with E-state index in [1.165, 1.54) is 5.56 Å². The number of hydrogen-bond donors (Lipinski definition) is 1. The standard InChI is InChI=1S/C15H24O2/c1-4-5-6-17-15-9-13(7-12(2)3)8-14(10-15)11-16/h8-10,12,16H,4-7,11H2,1-3H3. The average Bonchev–Trinajstić information content (AvgIpc) is 2.28. The van der Waals surface area contributed by atoms with Gasteiger partial charge in [0, 0.05) is 0 Å². The first-order valence-electron chi connectivity index (χ1n) is 6.52. The van der Waals surface area contributed by atoms with E-state index in [2.05, 4.69) is 32.9 Å². The summed E-state index contributed by atoms with van der Waals surface area (Å²) < 4.78 is 5.70. The van der Waals surface area contributed by atoms with Crippen LogP contribution in [0.1, 0.15) is 44.7 Å². The van der Waals surface area contributed by atoms with Crippen molar-refractivity contribution in [2.75, 3.05) is 6.61 Å². The highest BCUT2D eigenvalue weighted by Crippen LogP contribution is 2.20. The van der Waals surface area contributed by atoms with E-state index in [1.54, 1.807) is 0 Å². The zero-order chi connectivity index (χ0) is 12.7. The molecule has 0 aromatic heterocycles. The van der Waals surface area contributed by atoms with E-state index in [4.69, 9.17) is 4.74 Å². The molecule has 0 unspecified atom stereocenters. The van der Waals surface area contributed by atoms with Crippen LogP contribution in [0.2, 0.25) is 0 Å². The second-order valence-corrected chi connectivity index (χ2v) is 4.94. The molecule has 0 radical (unpaired) electrons. The van der Waals surface area contributed by atoms with Gasteiger partial charge < -0.3 is 9.84 Å². The van der Waals surface area contributed by atoms with Gasteiger partial charge in [0.1, 0.15) is 5.75 Å². The lowest BCUT2D eigenvalue weighted by Crippen LogP contribution is -2.00. The molecule has 1 aromatic carbocycles. The average molecular weight is 236 g/mol. The molecule has 0 spiro atoms. The molecule has 0 atom stereocenters. The Kier molecular flexibility index (Phi) is 6.06. The molecule has 0 aliphatic carbocycles. The van der Waals surface area contributed by atoms with Gasteiger partial charge in [-0.15, -0.1) is 0 Å². The van der Waals surface area contributed by atoms with E-state index in [-0.39, 0.29) is 6.61 Å². The van der Waals surface area contributed by atoms with Crippen LogP contribution < -0.4 is 4.74 Å². The largest absolute Gasteiger partial charge is 0.494 e. The van der Waals surface area contributed by atoms with Gasteiger partial charge in [-0.1, -0.05) is 33.3 Å². The Labute approximate surface area is 105 Å². The summed E-state index contributed by atoms with van der Waals surface area (Å²) in [5, 5.41) is 9.24. The smallest absolute Gasteiger partial charge is 0.119 e. The van der Waals surface area contributed by atoms with Crippen LogP contribution in [0, 0.1) is 5.92 Å². The van der Waals surface area contributed by atoms with E-state index < -0.39 is 0 Å². The second-order valence-electron chi connectivity index (χ2n) is 4.94. The maximum atomic E-state index is 9.24. The van der Waals surface area contributed by atoms with Crippen molar-refractivity contribution in [2.24, 2.45) is 5.92 Å². The van der Waals surface area contributed by atoms with Gasteiger partial charge in [-0.25, -0.2) is 0 Å². The van der Waals surface area contributed by atoms with Crippen LogP contribution in [0.3, 0.4) is 0 Å². The summed E-state index contributed by atoms with van der Waals surface area (Å²) in [5.74, 6) is 1.51. The second kappa shape index (κ2) is 7.33. The molecule has 0 saturated carbocycles. The molecular formula is C15H24O2. The molecule has 0 amide bonds. The number of rotatable bonds is 7. The number of benzene rings is 1. The monoisotopic (exact) mass is 236 g/mol. The van der Waals surface area contributed by atoms with Crippen LogP contribution in [-0.4, -0.2) is 11.7 Å². The van der Waals surface area contributed by atoms with Crippen molar-refractivity contribution >= 4 is 0 Å². The molecule has 1 aromatic rings. The van der Waals surface area contributed by atoms with Crippen molar-refractivity contribution in [3.8, 4) is 5.75 Å². The summed E-state index contributed by atoms with van der Waals surface area (Å²) in [7, 11) is 0. The Balaban J connectivity index is 2.74. The molecular weight excluding hydrogens is 212 g/mol. The van der Waals surface area contributed by atoms with E-state index in [0.717, 1.165) is 37.2 Å². The van der Waals surface area contributed by atoms with E-state index in [1.807, 2.05) is 6.07 Å². The topological polar surface area (TPSA) is 29.5 Å². The van der Waals surface area contributed by atoms with Gasteiger partial charge in [0.15, 0.2) is 0 Å². The van der Waals surface area contributed by atoms with Gasteiger partial charge in [0.2, 0.25) is 0 Å². The molecule has 0 heterocycles. The maximum Gasteiger partial charge on any atom is 0.119 e. The molecule has 0 aliphatic heterocycles. The van der Waals surface area contributed by atoms with Crippen molar-refractivity contribution in [3.63, 3.8) is 0 Å². The summed E-state index contributed by atoms with van der Waals surface area (Å²) in [6.07, 6.45) is 3.24. The number of aliphatic hydroxyl groups excluding tert-OH is 1.